The molecule has 4 aromatic heterocycles. The Kier molecular flexibility index (Phi) is 5.66. The number of nitrogens with one attached hydrogen (secondary N) is 1. The SMILES string of the molecule is CN1CCCN(c2cc(C(=O)Nc3cc4cc(-c5cn(C)nn5)ncc4cn3)ccn2)CC1. The Labute approximate surface area is 191 Å². The van der Waals surface area contributed by atoms with Crippen LogP contribution in [0.5, 0.6) is 0 Å². The molecule has 168 valence electrons. The summed E-state index contributed by atoms with van der Waals surface area (Å²) in [6.07, 6.45) is 8.00. The summed E-state index contributed by atoms with van der Waals surface area (Å²) in [7, 11) is 3.94. The van der Waals surface area contributed by atoms with Crippen molar-refractivity contribution < 1.29 is 4.79 Å². The molecule has 0 aliphatic carbocycles. The monoisotopic (exact) mass is 443 g/mol. The van der Waals surface area contributed by atoms with Gasteiger partial charge in [0.1, 0.15) is 17.3 Å². The van der Waals surface area contributed by atoms with Crippen molar-refractivity contribution in [2.45, 2.75) is 6.42 Å². The van der Waals surface area contributed by atoms with Gasteiger partial charge in [0.2, 0.25) is 0 Å². The van der Waals surface area contributed by atoms with Crippen LogP contribution >= 0.6 is 0 Å². The Morgan fingerprint density at radius 1 is 0.939 bits per heavy atom. The maximum Gasteiger partial charge on any atom is 0.257 e. The van der Waals surface area contributed by atoms with Crippen LogP contribution in [-0.4, -0.2) is 74.0 Å². The molecule has 1 saturated heterocycles. The van der Waals surface area contributed by atoms with Crippen LogP contribution in [0.3, 0.4) is 0 Å². The number of rotatable bonds is 4. The largest absolute Gasteiger partial charge is 0.355 e. The molecule has 1 N–H and O–H groups in total. The Hall–Kier alpha value is -3.92. The van der Waals surface area contributed by atoms with Gasteiger partial charge in [-0.1, -0.05) is 5.21 Å². The fourth-order valence-corrected chi connectivity index (χ4v) is 3.91. The summed E-state index contributed by atoms with van der Waals surface area (Å²) in [5.74, 6) is 1.07. The van der Waals surface area contributed by atoms with Gasteiger partial charge < -0.3 is 15.1 Å². The van der Waals surface area contributed by atoms with Crippen molar-refractivity contribution in [2.24, 2.45) is 7.05 Å². The zero-order chi connectivity index (χ0) is 22.8. The van der Waals surface area contributed by atoms with Crippen molar-refractivity contribution in [3.8, 4) is 11.4 Å². The second-order valence-corrected chi connectivity index (χ2v) is 8.26. The number of likely N-dealkylation sites (N-methyl/N-ethyl adjacent to an activating group) is 1. The molecule has 1 amide bonds. The summed E-state index contributed by atoms with van der Waals surface area (Å²) < 4.78 is 1.63. The maximum absolute atomic E-state index is 13.0. The topological polar surface area (TPSA) is 105 Å². The number of fused-ring (bicyclic) bond motifs is 1. The highest BCUT2D eigenvalue weighted by molar-refractivity contribution is 6.05. The number of hydrogen-bond acceptors (Lipinski definition) is 8. The third-order valence-corrected chi connectivity index (χ3v) is 5.76. The molecule has 1 aliphatic rings. The smallest absolute Gasteiger partial charge is 0.257 e. The summed E-state index contributed by atoms with van der Waals surface area (Å²) in [6, 6.07) is 7.32. The average molecular weight is 444 g/mol. The van der Waals surface area contributed by atoms with Gasteiger partial charge in [-0.05, 0) is 49.7 Å². The molecule has 5 rings (SSSR count). The van der Waals surface area contributed by atoms with E-state index in [1.54, 1.807) is 35.5 Å². The molecule has 10 nitrogen and oxygen atoms in total. The van der Waals surface area contributed by atoms with E-state index in [9.17, 15) is 4.79 Å². The number of carbonyl (C=O) groups excluding carboxylic acids is 1. The van der Waals surface area contributed by atoms with E-state index < -0.39 is 0 Å². The Balaban J connectivity index is 1.35. The zero-order valence-electron chi connectivity index (χ0n) is 18.6. The Bertz CT molecular complexity index is 1300. The molecule has 33 heavy (non-hydrogen) atoms. The van der Waals surface area contributed by atoms with Crippen LogP contribution in [0.25, 0.3) is 22.2 Å². The van der Waals surface area contributed by atoms with E-state index in [0.29, 0.717) is 22.8 Å². The van der Waals surface area contributed by atoms with E-state index >= 15 is 0 Å². The van der Waals surface area contributed by atoms with Crippen molar-refractivity contribution in [2.75, 3.05) is 43.4 Å². The third-order valence-electron chi connectivity index (χ3n) is 5.76. The second-order valence-electron chi connectivity index (χ2n) is 8.26. The lowest BCUT2D eigenvalue weighted by molar-refractivity contribution is 0.102. The van der Waals surface area contributed by atoms with Crippen molar-refractivity contribution in [1.29, 1.82) is 0 Å². The molecule has 4 aromatic rings. The van der Waals surface area contributed by atoms with E-state index in [4.69, 9.17) is 0 Å². The quantitative estimate of drug-likeness (QED) is 0.512. The van der Waals surface area contributed by atoms with Crippen LogP contribution in [0.4, 0.5) is 11.6 Å². The first-order chi connectivity index (χ1) is 16.0. The van der Waals surface area contributed by atoms with Gasteiger partial charge in [-0.15, -0.1) is 5.10 Å². The first kappa shape index (κ1) is 21.0. The number of nitrogens with zero attached hydrogens (tertiary/aromatic N) is 8. The predicted molar refractivity (Wildman–Crippen MR) is 126 cm³/mol. The highest BCUT2D eigenvalue weighted by atomic mass is 16.1. The molecule has 0 spiro atoms. The number of aryl methyl sites for hydroxylation is 1. The summed E-state index contributed by atoms with van der Waals surface area (Å²) in [5.41, 5.74) is 1.95. The van der Waals surface area contributed by atoms with Crippen molar-refractivity contribution in [3.63, 3.8) is 0 Å². The molecule has 0 bridgehead atoms. The molecule has 0 aromatic carbocycles. The molecule has 5 heterocycles. The first-order valence-corrected chi connectivity index (χ1v) is 10.9. The molecule has 10 heteroatoms. The second kappa shape index (κ2) is 8.91. The van der Waals surface area contributed by atoms with Crippen LogP contribution in [0.2, 0.25) is 0 Å². The molecule has 0 saturated carbocycles. The van der Waals surface area contributed by atoms with Crippen molar-refractivity contribution in [1.82, 2.24) is 34.8 Å². The number of hydrogen-bond donors (Lipinski definition) is 1. The van der Waals surface area contributed by atoms with Crippen LogP contribution in [0, 0.1) is 0 Å². The lowest BCUT2D eigenvalue weighted by atomic mass is 10.1. The maximum atomic E-state index is 13.0. The number of anilines is 2. The summed E-state index contributed by atoms with van der Waals surface area (Å²) >= 11 is 0. The number of pyridine rings is 3. The molecule has 1 aliphatic heterocycles. The number of amides is 1. The van der Waals surface area contributed by atoms with Crippen LogP contribution < -0.4 is 10.2 Å². The fraction of sp³-hybridized carbons (Fsp3) is 0.304. The molecule has 1 fully saturated rings. The van der Waals surface area contributed by atoms with Gasteiger partial charge in [0.15, 0.2) is 0 Å². The standard InChI is InChI=1S/C23H25N9O/c1-30-6-3-7-32(9-8-30)22-12-16(4-5-24-22)23(33)27-21-11-17-10-19(20-15-31(2)29-28-20)25-13-18(17)14-26-21/h4-5,10-15H,3,6-9H2,1-2H3,(H,26,27,33). The van der Waals surface area contributed by atoms with Gasteiger partial charge in [-0.2, -0.15) is 0 Å². The highest BCUT2D eigenvalue weighted by Gasteiger charge is 2.16. The van der Waals surface area contributed by atoms with Crippen LogP contribution in [-0.2, 0) is 7.05 Å². The van der Waals surface area contributed by atoms with Gasteiger partial charge in [0, 0.05) is 56.2 Å². The van der Waals surface area contributed by atoms with E-state index in [1.807, 2.05) is 25.2 Å². The van der Waals surface area contributed by atoms with E-state index in [-0.39, 0.29) is 5.91 Å². The first-order valence-electron chi connectivity index (χ1n) is 10.9. The normalized spacial score (nSPS) is 14.9. The van der Waals surface area contributed by atoms with Gasteiger partial charge in [-0.3, -0.25) is 14.5 Å². The lowest BCUT2D eigenvalue weighted by Crippen LogP contribution is -2.29. The Morgan fingerprint density at radius 2 is 1.82 bits per heavy atom. The number of carbonyl (C=O) groups is 1. The van der Waals surface area contributed by atoms with Crippen molar-refractivity contribution in [3.05, 3.63) is 54.6 Å². The fourth-order valence-electron chi connectivity index (χ4n) is 3.91. The Morgan fingerprint density at radius 3 is 2.67 bits per heavy atom. The van der Waals surface area contributed by atoms with Gasteiger partial charge in [0.25, 0.3) is 5.91 Å². The minimum Gasteiger partial charge on any atom is -0.355 e. The molecule has 0 radical (unpaired) electrons. The molecular weight excluding hydrogens is 418 g/mol. The van der Waals surface area contributed by atoms with Crippen LogP contribution in [0.15, 0.2) is 49.1 Å². The van der Waals surface area contributed by atoms with E-state index in [0.717, 1.165) is 49.2 Å². The van der Waals surface area contributed by atoms with Gasteiger partial charge >= 0.3 is 0 Å². The van der Waals surface area contributed by atoms with Crippen LogP contribution in [0.1, 0.15) is 16.8 Å². The van der Waals surface area contributed by atoms with Gasteiger partial charge in [0.05, 0.1) is 11.9 Å². The average Bonchev–Trinajstić information content (AvgIpc) is 3.15. The highest BCUT2D eigenvalue weighted by Crippen LogP contribution is 2.22. The number of aromatic nitrogens is 6. The minimum absolute atomic E-state index is 0.222. The van der Waals surface area contributed by atoms with E-state index in [2.05, 4.69) is 47.4 Å². The predicted octanol–water partition coefficient (Wildman–Crippen LogP) is 2.21. The van der Waals surface area contributed by atoms with E-state index in [1.165, 1.54) is 0 Å². The molecular formula is C23H25N9O. The summed E-state index contributed by atoms with van der Waals surface area (Å²) in [5, 5.41) is 12.8. The van der Waals surface area contributed by atoms with Gasteiger partial charge in [-0.25, -0.2) is 9.97 Å². The summed E-state index contributed by atoms with van der Waals surface area (Å²) in [6.45, 7) is 3.86. The molecule has 0 atom stereocenters. The minimum atomic E-state index is -0.222. The third kappa shape index (κ3) is 4.65. The van der Waals surface area contributed by atoms with Crippen molar-refractivity contribution >= 4 is 28.3 Å². The summed E-state index contributed by atoms with van der Waals surface area (Å²) in [4.78, 5) is 30.8. The zero-order valence-corrected chi connectivity index (χ0v) is 18.6. The molecule has 0 unspecified atom stereocenters. The lowest BCUT2D eigenvalue weighted by Gasteiger charge is -2.21.